The minimum atomic E-state index is 0.529. The highest BCUT2D eigenvalue weighted by Crippen LogP contribution is 2.06. The molecular weight excluding hydrogens is 172 g/mol. The summed E-state index contributed by atoms with van der Waals surface area (Å²) in [6.07, 6.45) is 8.69. The highest BCUT2D eigenvalue weighted by molar-refractivity contribution is 5.22. The Bertz CT molecular complexity index is 303. The summed E-state index contributed by atoms with van der Waals surface area (Å²) in [5, 5.41) is 0. The summed E-state index contributed by atoms with van der Waals surface area (Å²) in [5.74, 6) is 1.06. The van der Waals surface area contributed by atoms with E-state index < -0.39 is 0 Å². The van der Waals surface area contributed by atoms with Crippen molar-refractivity contribution in [3.05, 3.63) is 73.8 Å². The maximum atomic E-state index is 5.25. The van der Waals surface area contributed by atoms with E-state index in [2.05, 4.69) is 26.3 Å². The largest absolute Gasteiger partial charge is 0.459 e. The van der Waals surface area contributed by atoms with E-state index in [-0.39, 0.29) is 0 Å². The summed E-state index contributed by atoms with van der Waals surface area (Å²) in [4.78, 5) is 0. The molecule has 0 N–H and O–H groups in total. The topological polar surface area (TPSA) is 9.23 Å². The minimum Gasteiger partial charge on any atom is -0.459 e. The maximum Gasteiger partial charge on any atom is 0.120 e. The Morgan fingerprint density at radius 1 is 1.00 bits per heavy atom. The third kappa shape index (κ3) is 6.92. The van der Waals surface area contributed by atoms with Crippen molar-refractivity contribution in [2.45, 2.75) is 6.92 Å². The van der Waals surface area contributed by atoms with E-state index in [1.54, 1.807) is 24.3 Å². The molecule has 0 saturated heterocycles. The van der Waals surface area contributed by atoms with Crippen LogP contribution in [0.15, 0.2) is 73.8 Å². The lowest BCUT2D eigenvalue weighted by Gasteiger charge is -2.03. The van der Waals surface area contributed by atoms with Gasteiger partial charge in [0.25, 0.3) is 0 Å². The highest BCUT2D eigenvalue weighted by atomic mass is 16.5. The first-order valence-corrected chi connectivity index (χ1v) is 4.24. The fourth-order valence-electron chi connectivity index (χ4n) is 0.647. The number of hydrogen-bond donors (Lipinski definition) is 0. The average molecular weight is 188 g/mol. The molecule has 0 aliphatic carbocycles. The van der Waals surface area contributed by atoms with Gasteiger partial charge in [-0.1, -0.05) is 50.1 Å². The molecule has 0 radical (unpaired) electrons. The molecule has 1 heteroatoms. The first-order valence-electron chi connectivity index (χ1n) is 4.24. The Hall–Kier alpha value is -1.76. The van der Waals surface area contributed by atoms with Crippen LogP contribution in [0.4, 0.5) is 0 Å². The van der Waals surface area contributed by atoms with Crippen LogP contribution < -0.4 is 0 Å². The fraction of sp³-hybridized carbons (Fsp3) is 0.0769. The van der Waals surface area contributed by atoms with Crippen LogP contribution in [0, 0.1) is 0 Å². The molecule has 0 aliphatic rings. The lowest BCUT2D eigenvalue weighted by Crippen LogP contribution is -1.84. The predicted molar refractivity (Wildman–Crippen MR) is 62.7 cm³/mol. The molecule has 0 saturated carbocycles. The molecule has 0 amide bonds. The lowest BCUT2D eigenvalue weighted by molar-refractivity contribution is 0.340. The average Bonchev–Trinajstić information content (AvgIpc) is 2.11. The number of allylic oxidation sites excluding steroid dienone is 6. The third-order valence-corrected chi connectivity index (χ3v) is 1.23. The van der Waals surface area contributed by atoms with Gasteiger partial charge in [0.15, 0.2) is 0 Å². The van der Waals surface area contributed by atoms with Crippen LogP contribution in [0.3, 0.4) is 0 Å². The van der Waals surface area contributed by atoms with Gasteiger partial charge in [-0.25, -0.2) is 0 Å². The molecule has 0 aliphatic heterocycles. The molecule has 0 unspecified atom stereocenters. The molecule has 0 fully saturated rings. The first kappa shape index (κ1) is 12.2. The summed E-state index contributed by atoms with van der Waals surface area (Å²) < 4.78 is 5.25. The van der Waals surface area contributed by atoms with Crippen molar-refractivity contribution in [1.29, 1.82) is 0 Å². The monoisotopic (exact) mass is 188 g/mol. The van der Waals surface area contributed by atoms with Crippen LogP contribution in [-0.4, -0.2) is 0 Å². The van der Waals surface area contributed by atoms with Crippen LogP contribution in [0.1, 0.15) is 6.92 Å². The van der Waals surface area contributed by atoms with E-state index in [0.29, 0.717) is 11.5 Å². The molecule has 0 aromatic carbocycles. The van der Waals surface area contributed by atoms with Gasteiger partial charge in [-0.05, 0) is 19.1 Å². The second kappa shape index (κ2) is 6.72. The van der Waals surface area contributed by atoms with Gasteiger partial charge >= 0.3 is 0 Å². The van der Waals surface area contributed by atoms with Crippen LogP contribution in [-0.2, 0) is 4.74 Å². The van der Waals surface area contributed by atoms with E-state index in [0.717, 1.165) is 5.57 Å². The second-order valence-corrected chi connectivity index (χ2v) is 2.81. The Morgan fingerprint density at radius 3 is 2.07 bits per heavy atom. The Labute approximate surface area is 86.1 Å². The summed E-state index contributed by atoms with van der Waals surface area (Å²) in [7, 11) is 0. The van der Waals surface area contributed by atoms with Gasteiger partial charge in [0.2, 0.25) is 0 Å². The Balaban J connectivity index is 4.07. The van der Waals surface area contributed by atoms with Gasteiger partial charge in [-0.3, -0.25) is 0 Å². The number of ether oxygens (including phenoxy) is 1. The molecule has 74 valence electrons. The molecule has 14 heavy (non-hydrogen) atoms. The van der Waals surface area contributed by atoms with Gasteiger partial charge in [0, 0.05) is 0 Å². The molecule has 0 heterocycles. The van der Waals surface area contributed by atoms with E-state index in [1.165, 1.54) is 0 Å². The smallest absolute Gasteiger partial charge is 0.120 e. The molecule has 1 nitrogen and oxygen atoms in total. The molecule has 0 aromatic heterocycles. The molecule has 0 atom stereocenters. The molecular formula is C13H16O. The zero-order valence-corrected chi connectivity index (χ0v) is 8.62. The highest BCUT2D eigenvalue weighted by Gasteiger charge is 1.90. The Morgan fingerprint density at radius 2 is 1.57 bits per heavy atom. The second-order valence-electron chi connectivity index (χ2n) is 2.81. The van der Waals surface area contributed by atoms with Crippen molar-refractivity contribution in [3.8, 4) is 0 Å². The van der Waals surface area contributed by atoms with Gasteiger partial charge in [0.1, 0.15) is 11.5 Å². The van der Waals surface area contributed by atoms with Crippen LogP contribution in [0.2, 0.25) is 0 Å². The lowest BCUT2D eigenvalue weighted by atomic mass is 10.3. The van der Waals surface area contributed by atoms with Gasteiger partial charge in [-0.2, -0.15) is 0 Å². The van der Waals surface area contributed by atoms with Crippen molar-refractivity contribution in [3.63, 3.8) is 0 Å². The van der Waals surface area contributed by atoms with Crippen LogP contribution in [0.5, 0.6) is 0 Å². The van der Waals surface area contributed by atoms with Crippen molar-refractivity contribution >= 4 is 0 Å². The van der Waals surface area contributed by atoms with Gasteiger partial charge in [-0.15, -0.1) is 0 Å². The Kier molecular flexibility index (Phi) is 5.88. The maximum absolute atomic E-state index is 5.25. The standard InChI is InChI=1S/C13H16O/c1-6-7-8-12(4)14-13(5)10-9-11(2)3/h6-10H,1-2,4-5H2,3H3/b8-7-,10-9-. The normalized spacial score (nSPS) is 10.4. The van der Waals surface area contributed by atoms with E-state index in [9.17, 15) is 0 Å². The zero-order chi connectivity index (χ0) is 11.0. The van der Waals surface area contributed by atoms with E-state index >= 15 is 0 Å². The van der Waals surface area contributed by atoms with Gasteiger partial charge in [0.05, 0.1) is 0 Å². The van der Waals surface area contributed by atoms with E-state index in [4.69, 9.17) is 4.74 Å². The quantitative estimate of drug-likeness (QED) is 0.453. The third-order valence-electron chi connectivity index (χ3n) is 1.23. The van der Waals surface area contributed by atoms with E-state index in [1.807, 2.05) is 13.0 Å². The summed E-state index contributed by atoms with van der Waals surface area (Å²) in [6, 6.07) is 0. The van der Waals surface area contributed by atoms with Gasteiger partial charge < -0.3 is 4.74 Å². The number of hydrogen-bond acceptors (Lipinski definition) is 1. The summed E-state index contributed by atoms with van der Waals surface area (Å²) in [5.41, 5.74) is 0.946. The SMILES string of the molecule is C=C/C=C\C(=C)OC(=C)/C=C\C(=C)C. The molecule has 0 spiro atoms. The van der Waals surface area contributed by atoms with Crippen molar-refractivity contribution in [2.75, 3.05) is 0 Å². The molecule has 0 rings (SSSR count). The van der Waals surface area contributed by atoms with Crippen LogP contribution in [0.25, 0.3) is 0 Å². The van der Waals surface area contributed by atoms with Crippen molar-refractivity contribution in [1.82, 2.24) is 0 Å². The first-order chi connectivity index (χ1) is 6.56. The van der Waals surface area contributed by atoms with Crippen LogP contribution >= 0.6 is 0 Å². The molecule has 0 bridgehead atoms. The fourth-order valence-corrected chi connectivity index (χ4v) is 0.647. The number of rotatable bonds is 6. The zero-order valence-electron chi connectivity index (χ0n) is 8.62. The minimum absolute atomic E-state index is 0.529. The molecule has 0 aromatic rings. The van der Waals surface area contributed by atoms with Crippen molar-refractivity contribution < 1.29 is 4.74 Å². The van der Waals surface area contributed by atoms with Crippen molar-refractivity contribution in [2.24, 2.45) is 0 Å². The summed E-state index contributed by atoms with van der Waals surface area (Å²) in [6.45, 7) is 16.6. The predicted octanol–water partition coefficient (Wildman–Crippen LogP) is 3.90. The summed E-state index contributed by atoms with van der Waals surface area (Å²) >= 11 is 0.